The van der Waals surface area contributed by atoms with Crippen LogP contribution in [0.1, 0.15) is 37.5 Å². The highest BCUT2D eigenvalue weighted by Gasteiger charge is 2.26. The number of rotatable bonds is 11. The Balaban J connectivity index is 2.05. The molecule has 0 spiro atoms. The maximum Gasteiger partial charge on any atom is 0.242 e. The summed E-state index contributed by atoms with van der Waals surface area (Å²) in [6.45, 7) is 8.96. The van der Waals surface area contributed by atoms with Crippen molar-refractivity contribution < 1.29 is 14.3 Å². The van der Waals surface area contributed by atoms with E-state index in [2.05, 4.69) is 19.2 Å². The molecule has 0 aliphatic carbocycles. The molecule has 0 saturated carbocycles. The van der Waals surface area contributed by atoms with Gasteiger partial charge in [-0.3, -0.25) is 9.59 Å². The molecular formula is C25H34N2O3S. The van der Waals surface area contributed by atoms with Crippen LogP contribution in [0.4, 0.5) is 0 Å². The van der Waals surface area contributed by atoms with Crippen LogP contribution in [0.2, 0.25) is 0 Å². The molecule has 2 aromatic carbocycles. The van der Waals surface area contributed by atoms with Gasteiger partial charge in [0, 0.05) is 18.8 Å². The number of ether oxygens (including phenoxy) is 1. The van der Waals surface area contributed by atoms with Crippen LogP contribution in [-0.2, 0) is 21.9 Å². The van der Waals surface area contributed by atoms with Gasteiger partial charge in [0.15, 0.2) is 0 Å². The Morgan fingerprint density at radius 3 is 2.35 bits per heavy atom. The van der Waals surface area contributed by atoms with Crippen molar-refractivity contribution in [3.63, 3.8) is 0 Å². The second kappa shape index (κ2) is 12.4. The van der Waals surface area contributed by atoms with E-state index in [-0.39, 0.29) is 11.8 Å². The van der Waals surface area contributed by atoms with E-state index in [9.17, 15) is 9.59 Å². The van der Waals surface area contributed by atoms with Crippen LogP contribution in [0.25, 0.3) is 0 Å². The molecule has 2 aromatic rings. The first-order valence-electron chi connectivity index (χ1n) is 10.6. The number of benzene rings is 2. The van der Waals surface area contributed by atoms with Crippen molar-refractivity contribution in [3.8, 4) is 5.75 Å². The number of hydrogen-bond donors (Lipinski definition) is 1. The number of nitrogens with zero attached hydrogens (tertiary/aromatic N) is 1. The molecule has 168 valence electrons. The lowest BCUT2D eigenvalue weighted by Gasteiger charge is -2.29. The van der Waals surface area contributed by atoms with Gasteiger partial charge in [0.2, 0.25) is 11.8 Å². The van der Waals surface area contributed by atoms with Crippen LogP contribution in [0, 0.1) is 12.8 Å². The van der Waals surface area contributed by atoms with Gasteiger partial charge in [0.05, 0.1) is 12.9 Å². The van der Waals surface area contributed by atoms with Gasteiger partial charge >= 0.3 is 0 Å². The third-order valence-corrected chi connectivity index (χ3v) is 6.10. The van der Waals surface area contributed by atoms with Crippen molar-refractivity contribution in [1.82, 2.24) is 10.2 Å². The minimum Gasteiger partial charge on any atom is -0.497 e. The number of carbonyl (C=O) groups is 2. The summed E-state index contributed by atoms with van der Waals surface area (Å²) in [4.78, 5) is 27.5. The Kier molecular flexibility index (Phi) is 9.92. The maximum atomic E-state index is 13.1. The Morgan fingerprint density at radius 2 is 1.74 bits per heavy atom. The summed E-state index contributed by atoms with van der Waals surface area (Å²) in [6.07, 6.45) is 0. The molecule has 0 heterocycles. The summed E-state index contributed by atoms with van der Waals surface area (Å²) >= 11 is 1.55. The maximum absolute atomic E-state index is 13.1. The van der Waals surface area contributed by atoms with Gasteiger partial charge < -0.3 is 15.0 Å². The number of methoxy groups -OCH3 is 1. The monoisotopic (exact) mass is 442 g/mol. The van der Waals surface area contributed by atoms with Crippen LogP contribution >= 0.6 is 11.8 Å². The molecule has 0 saturated heterocycles. The van der Waals surface area contributed by atoms with Gasteiger partial charge in [0.1, 0.15) is 11.8 Å². The average molecular weight is 443 g/mol. The third kappa shape index (κ3) is 7.94. The standard InChI is InChI=1S/C25H34N2O3S/c1-18(2)14-26-25(29)20(4)27(15-22-9-7-6-8-19(22)3)24(28)17-31-16-21-10-12-23(30-5)13-11-21/h6-13,18,20H,14-17H2,1-5H3,(H,26,29)/t20-/m1/s1. The van der Waals surface area contributed by atoms with E-state index >= 15 is 0 Å². The first-order chi connectivity index (χ1) is 14.8. The normalized spacial score (nSPS) is 11.8. The molecule has 2 rings (SSSR count). The highest BCUT2D eigenvalue weighted by atomic mass is 32.2. The Hall–Kier alpha value is -2.47. The fraction of sp³-hybridized carbons (Fsp3) is 0.440. The number of thioether (sulfide) groups is 1. The van der Waals surface area contributed by atoms with Gasteiger partial charge in [-0.1, -0.05) is 50.2 Å². The smallest absolute Gasteiger partial charge is 0.242 e. The fourth-order valence-corrected chi connectivity index (χ4v) is 3.94. The highest BCUT2D eigenvalue weighted by Crippen LogP contribution is 2.19. The molecule has 0 radical (unpaired) electrons. The molecule has 0 unspecified atom stereocenters. The molecule has 0 fully saturated rings. The predicted molar refractivity (Wildman–Crippen MR) is 128 cm³/mol. The first kappa shape index (κ1) is 24.8. The fourth-order valence-electron chi connectivity index (χ4n) is 3.07. The summed E-state index contributed by atoms with van der Waals surface area (Å²) in [5.41, 5.74) is 3.30. The van der Waals surface area contributed by atoms with E-state index < -0.39 is 6.04 Å². The molecule has 0 aromatic heterocycles. The van der Waals surface area contributed by atoms with E-state index in [1.54, 1.807) is 30.7 Å². The lowest BCUT2D eigenvalue weighted by atomic mass is 10.1. The van der Waals surface area contributed by atoms with Gasteiger partial charge in [-0.05, 0) is 48.6 Å². The minimum absolute atomic E-state index is 0.0334. The van der Waals surface area contributed by atoms with Crippen molar-refractivity contribution in [2.45, 2.75) is 46.0 Å². The van der Waals surface area contributed by atoms with Gasteiger partial charge in [0.25, 0.3) is 0 Å². The van der Waals surface area contributed by atoms with Crippen LogP contribution in [0.3, 0.4) is 0 Å². The lowest BCUT2D eigenvalue weighted by Crippen LogP contribution is -2.48. The Bertz CT molecular complexity index is 852. The second-order valence-electron chi connectivity index (χ2n) is 8.10. The topological polar surface area (TPSA) is 58.6 Å². The zero-order valence-electron chi connectivity index (χ0n) is 19.2. The zero-order chi connectivity index (χ0) is 22.8. The molecular weight excluding hydrogens is 408 g/mol. The van der Waals surface area contributed by atoms with Crippen LogP contribution in [-0.4, -0.2) is 42.2 Å². The Labute approximate surface area is 190 Å². The molecule has 0 aliphatic rings. The number of amides is 2. The quantitative estimate of drug-likeness (QED) is 0.559. The molecule has 0 bridgehead atoms. The summed E-state index contributed by atoms with van der Waals surface area (Å²) in [5.74, 6) is 2.07. The van der Waals surface area contributed by atoms with Gasteiger partial charge in [-0.15, -0.1) is 11.8 Å². The zero-order valence-corrected chi connectivity index (χ0v) is 20.0. The molecule has 31 heavy (non-hydrogen) atoms. The van der Waals surface area contributed by atoms with Crippen molar-refractivity contribution in [2.75, 3.05) is 19.4 Å². The van der Waals surface area contributed by atoms with Crippen molar-refractivity contribution in [1.29, 1.82) is 0 Å². The number of aryl methyl sites for hydroxylation is 1. The molecule has 0 aliphatic heterocycles. The van der Waals surface area contributed by atoms with Crippen LogP contribution in [0.15, 0.2) is 48.5 Å². The first-order valence-corrected chi connectivity index (χ1v) is 11.8. The largest absolute Gasteiger partial charge is 0.497 e. The van der Waals surface area contributed by atoms with E-state index in [0.717, 1.165) is 28.2 Å². The molecule has 6 heteroatoms. The van der Waals surface area contributed by atoms with Crippen molar-refractivity contribution in [3.05, 3.63) is 65.2 Å². The minimum atomic E-state index is -0.535. The number of nitrogens with one attached hydrogen (secondary N) is 1. The summed E-state index contributed by atoms with van der Waals surface area (Å²) < 4.78 is 5.19. The van der Waals surface area contributed by atoms with E-state index in [4.69, 9.17) is 4.74 Å². The van der Waals surface area contributed by atoms with Crippen molar-refractivity contribution >= 4 is 23.6 Å². The summed E-state index contributed by atoms with van der Waals surface area (Å²) in [7, 11) is 1.64. The number of hydrogen-bond acceptors (Lipinski definition) is 4. The van der Waals surface area contributed by atoms with E-state index in [1.807, 2.05) is 55.5 Å². The second-order valence-corrected chi connectivity index (χ2v) is 9.09. The Morgan fingerprint density at radius 1 is 1.06 bits per heavy atom. The molecule has 1 atom stereocenters. The van der Waals surface area contributed by atoms with E-state index in [0.29, 0.717) is 24.8 Å². The van der Waals surface area contributed by atoms with Gasteiger partial charge in [-0.25, -0.2) is 0 Å². The van der Waals surface area contributed by atoms with Gasteiger partial charge in [-0.2, -0.15) is 0 Å². The number of carbonyl (C=O) groups excluding carboxylic acids is 2. The summed E-state index contributed by atoms with van der Waals surface area (Å²) in [5, 5.41) is 2.96. The average Bonchev–Trinajstić information content (AvgIpc) is 2.76. The van der Waals surface area contributed by atoms with Crippen molar-refractivity contribution in [2.24, 2.45) is 5.92 Å². The lowest BCUT2D eigenvalue weighted by molar-refractivity contribution is -0.138. The van der Waals surface area contributed by atoms with Crippen LogP contribution in [0.5, 0.6) is 5.75 Å². The predicted octanol–water partition coefficient (Wildman–Crippen LogP) is 4.43. The van der Waals surface area contributed by atoms with Crippen LogP contribution < -0.4 is 10.1 Å². The third-order valence-electron chi connectivity index (χ3n) is 5.11. The van der Waals surface area contributed by atoms with E-state index in [1.165, 1.54) is 0 Å². The highest BCUT2D eigenvalue weighted by molar-refractivity contribution is 7.99. The SMILES string of the molecule is COc1ccc(CSCC(=O)N(Cc2ccccc2C)[C@H](C)C(=O)NCC(C)C)cc1. The molecule has 1 N–H and O–H groups in total. The molecule has 5 nitrogen and oxygen atoms in total. The summed E-state index contributed by atoms with van der Waals surface area (Å²) in [6, 6.07) is 15.3. The molecule has 2 amide bonds.